The van der Waals surface area contributed by atoms with Crippen LogP contribution in [0.4, 0.5) is 4.79 Å². The number of piperidine rings is 1. The molecule has 2 bridgehead atoms. The van der Waals surface area contributed by atoms with E-state index in [1.165, 1.54) is 15.9 Å². The van der Waals surface area contributed by atoms with E-state index in [1.54, 1.807) is 7.05 Å². The number of fused-ring (bicyclic) bond motifs is 2. The van der Waals surface area contributed by atoms with Crippen molar-refractivity contribution < 1.29 is 26.8 Å². The Morgan fingerprint density at radius 1 is 1.48 bits per heavy atom. The molecule has 2 aliphatic rings. The average molecular weight is 373 g/mol. The minimum atomic E-state index is -4.83. The number of nitrogens with zero attached hydrogens (tertiary/aromatic N) is 5. The Labute approximate surface area is 142 Å². The number of nitrogens with one attached hydrogen (secondary N) is 2. The van der Waals surface area contributed by atoms with Crippen molar-refractivity contribution in [1.82, 2.24) is 30.0 Å². The van der Waals surface area contributed by atoms with Crippen LogP contribution < -0.4 is 5.32 Å². The van der Waals surface area contributed by atoms with E-state index in [9.17, 15) is 18.0 Å². The molecule has 1 aromatic heterocycles. The fourth-order valence-electron chi connectivity index (χ4n) is 2.84. The highest BCUT2D eigenvalue weighted by Gasteiger charge is 2.48. The second-order valence-electron chi connectivity index (χ2n) is 5.62. The minimum absolute atomic E-state index is 0.110. The Balaban J connectivity index is 1.69. The number of aromatic nitrogens is 3. The summed E-state index contributed by atoms with van der Waals surface area (Å²) in [7, 11) is -3.25. The molecule has 3 N–H and O–H groups in total. The first-order valence-electron chi connectivity index (χ1n) is 7.18. The van der Waals surface area contributed by atoms with Crippen molar-refractivity contribution in [3.05, 3.63) is 12.2 Å². The maximum absolute atomic E-state index is 12.3. The van der Waals surface area contributed by atoms with Gasteiger partial charge in [-0.15, -0.1) is 9.38 Å². The Bertz CT molecular complexity index is 836. The predicted molar refractivity (Wildman–Crippen MR) is 79.6 cm³/mol. The van der Waals surface area contributed by atoms with Crippen LogP contribution in [-0.2, 0) is 21.7 Å². The summed E-state index contributed by atoms with van der Waals surface area (Å²) in [4.78, 5) is 29.2. The number of rotatable bonds is 4. The van der Waals surface area contributed by atoms with Crippen LogP contribution in [0.1, 0.15) is 23.5 Å². The average Bonchev–Trinajstić information content (AvgIpc) is 3.05. The number of hydroxylamine groups is 2. The van der Waals surface area contributed by atoms with Crippen LogP contribution in [0.5, 0.6) is 0 Å². The lowest BCUT2D eigenvalue weighted by Gasteiger charge is -2.30. The molecule has 3 rings (SSSR count). The molecule has 3 amide bonds. The summed E-state index contributed by atoms with van der Waals surface area (Å²) in [6.45, 7) is 0.110. The molecule has 2 fully saturated rings. The molecule has 13 nitrogen and oxygen atoms in total. The van der Waals surface area contributed by atoms with Crippen LogP contribution in [-0.4, -0.2) is 74.1 Å². The second-order valence-corrected chi connectivity index (χ2v) is 6.62. The summed E-state index contributed by atoms with van der Waals surface area (Å²) in [6.07, 6.45) is 1.98. The van der Waals surface area contributed by atoms with E-state index < -0.39 is 34.4 Å². The smallest absolute Gasteiger partial charge is 0.310 e. The molecular formula is C11H15N7O6S. The monoisotopic (exact) mass is 373 g/mol. The van der Waals surface area contributed by atoms with Gasteiger partial charge in [-0.05, 0) is 12.8 Å². The van der Waals surface area contributed by atoms with E-state index in [0.29, 0.717) is 17.9 Å². The molecule has 0 radical (unpaired) electrons. The molecule has 2 aliphatic heterocycles. The molecule has 136 valence electrons. The fraction of sp³-hybridized carbons (Fsp3) is 0.545. The summed E-state index contributed by atoms with van der Waals surface area (Å²) < 4.78 is 36.1. The van der Waals surface area contributed by atoms with Crippen LogP contribution in [0.25, 0.3) is 0 Å². The summed E-state index contributed by atoms with van der Waals surface area (Å²) in [5.41, 5.74) is 0. The van der Waals surface area contributed by atoms with E-state index in [4.69, 9.17) is 9.96 Å². The minimum Gasteiger partial charge on any atom is -0.310 e. The second kappa shape index (κ2) is 6.05. The molecule has 2 unspecified atom stereocenters. The maximum atomic E-state index is 12.3. The third-order valence-electron chi connectivity index (χ3n) is 3.88. The highest BCUT2D eigenvalue weighted by atomic mass is 32.3. The van der Waals surface area contributed by atoms with Gasteiger partial charge in [0.1, 0.15) is 12.2 Å². The molecule has 14 heteroatoms. The van der Waals surface area contributed by atoms with Gasteiger partial charge in [-0.1, -0.05) is 0 Å². The summed E-state index contributed by atoms with van der Waals surface area (Å²) in [6, 6.07) is -2.13. The first-order valence-corrected chi connectivity index (χ1v) is 8.54. The Morgan fingerprint density at radius 2 is 2.20 bits per heavy atom. The zero-order valence-electron chi connectivity index (χ0n) is 13.0. The first-order chi connectivity index (χ1) is 11.7. The van der Waals surface area contributed by atoms with Crippen molar-refractivity contribution >= 4 is 28.2 Å². The number of amidine groups is 1. The number of carbonyl (C=O) groups is 2. The lowest BCUT2D eigenvalue weighted by molar-refractivity contribution is -0.0316. The van der Waals surface area contributed by atoms with Crippen molar-refractivity contribution in [3.8, 4) is 0 Å². The van der Waals surface area contributed by atoms with Crippen LogP contribution in [0.2, 0.25) is 0 Å². The van der Waals surface area contributed by atoms with Crippen LogP contribution in [0.15, 0.2) is 6.33 Å². The van der Waals surface area contributed by atoms with Crippen molar-refractivity contribution in [3.63, 3.8) is 0 Å². The SMILES string of the molecule is Cn1cnc(C(=O)NC(=N)C2CCC3CN2C(=O)N3OS(=O)(=O)O)n1. The van der Waals surface area contributed by atoms with Crippen LogP contribution in [0.3, 0.4) is 0 Å². The number of aryl methyl sites for hydroxylation is 1. The summed E-state index contributed by atoms with van der Waals surface area (Å²) in [5.74, 6) is -1.05. The molecular weight excluding hydrogens is 358 g/mol. The molecule has 2 saturated heterocycles. The van der Waals surface area contributed by atoms with Gasteiger partial charge in [0.25, 0.3) is 5.91 Å². The first kappa shape index (κ1) is 17.2. The maximum Gasteiger partial charge on any atom is 0.418 e. The van der Waals surface area contributed by atoms with Crippen LogP contribution in [0, 0.1) is 5.41 Å². The van der Waals surface area contributed by atoms with Gasteiger partial charge in [-0.2, -0.15) is 13.5 Å². The number of hydrogen-bond acceptors (Lipinski definition) is 8. The van der Waals surface area contributed by atoms with Gasteiger partial charge >= 0.3 is 16.4 Å². The van der Waals surface area contributed by atoms with Gasteiger partial charge in [-0.3, -0.25) is 19.4 Å². The van der Waals surface area contributed by atoms with E-state index in [-0.39, 0.29) is 18.2 Å². The zero-order valence-corrected chi connectivity index (χ0v) is 13.8. The number of amides is 3. The van der Waals surface area contributed by atoms with Gasteiger partial charge in [0.15, 0.2) is 0 Å². The lowest BCUT2D eigenvalue weighted by Crippen LogP contribution is -2.50. The van der Waals surface area contributed by atoms with Gasteiger partial charge in [0.2, 0.25) is 5.82 Å². The van der Waals surface area contributed by atoms with Crippen molar-refractivity contribution in [2.75, 3.05) is 6.54 Å². The van der Waals surface area contributed by atoms with Crippen molar-refractivity contribution in [2.45, 2.75) is 24.9 Å². The van der Waals surface area contributed by atoms with Gasteiger partial charge in [0, 0.05) is 13.6 Å². The van der Waals surface area contributed by atoms with Gasteiger partial charge < -0.3 is 10.2 Å². The molecule has 2 atom stereocenters. The van der Waals surface area contributed by atoms with E-state index in [0.717, 1.165) is 0 Å². The number of carbonyl (C=O) groups excluding carboxylic acids is 2. The molecule has 0 aliphatic carbocycles. The third kappa shape index (κ3) is 3.45. The zero-order chi connectivity index (χ0) is 18.4. The Morgan fingerprint density at radius 3 is 2.80 bits per heavy atom. The normalized spacial score (nSPS) is 23.0. The summed E-state index contributed by atoms with van der Waals surface area (Å²) in [5, 5.41) is 14.8. The molecule has 0 saturated carbocycles. The Hall–Kier alpha value is -2.58. The van der Waals surface area contributed by atoms with Crippen LogP contribution >= 0.6 is 0 Å². The highest BCUT2D eigenvalue weighted by Crippen LogP contribution is 2.30. The van der Waals surface area contributed by atoms with Gasteiger partial charge in [0.05, 0.1) is 12.1 Å². The van der Waals surface area contributed by atoms with Crippen molar-refractivity contribution in [2.24, 2.45) is 7.05 Å². The van der Waals surface area contributed by atoms with Gasteiger partial charge in [-0.25, -0.2) is 9.78 Å². The number of urea groups is 1. The number of hydrogen-bond donors (Lipinski definition) is 3. The summed E-state index contributed by atoms with van der Waals surface area (Å²) >= 11 is 0. The molecule has 1 aromatic rings. The molecule has 25 heavy (non-hydrogen) atoms. The standard InChI is InChI=1S/C11H15N7O6S/c1-16-5-13-9(15-16)10(19)14-8(12)7-3-2-6-4-17(7)11(20)18(6)24-25(21,22)23/h5-7H,2-4H2,1H3,(H2,12,14,19)(H,21,22,23). The van der Waals surface area contributed by atoms with E-state index in [1.807, 2.05) is 0 Å². The topological polar surface area (TPSA) is 171 Å². The van der Waals surface area contributed by atoms with E-state index >= 15 is 0 Å². The third-order valence-corrected chi connectivity index (χ3v) is 4.23. The molecule has 3 heterocycles. The predicted octanol–water partition coefficient (Wildman–Crippen LogP) is -1.47. The van der Waals surface area contributed by atoms with Crippen molar-refractivity contribution in [1.29, 1.82) is 5.41 Å². The lowest BCUT2D eigenvalue weighted by atomic mass is 10.00. The molecule has 0 spiro atoms. The largest absolute Gasteiger partial charge is 0.418 e. The Kier molecular flexibility index (Phi) is 4.18. The van der Waals surface area contributed by atoms with E-state index in [2.05, 4.69) is 19.7 Å². The molecule has 0 aromatic carbocycles. The highest BCUT2D eigenvalue weighted by molar-refractivity contribution is 7.80. The quantitative estimate of drug-likeness (QED) is 0.326. The fourth-order valence-corrected chi connectivity index (χ4v) is 3.22.